The van der Waals surface area contributed by atoms with Gasteiger partial charge in [0.25, 0.3) is 5.91 Å². The average molecular weight is 366 g/mol. The summed E-state index contributed by atoms with van der Waals surface area (Å²) in [5, 5.41) is 0. The molecule has 0 bridgehead atoms. The third-order valence-electron chi connectivity index (χ3n) is 4.00. The number of ether oxygens (including phenoxy) is 5. The van der Waals surface area contributed by atoms with E-state index < -0.39 is 42.4 Å². The Morgan fingerprint density at radius 3 is 2.50 bits per heavy atom. The van der Waals surface area contributed by atoms with Crippen molar-refractivity contribution in [2.45, 2.75) is 50.8 Å². The van der Waals surface area contributed by atoms with E-state index in [1.54, 1.807) is 13.8 Å². The van der Waals surface area contributed by atoms with Crippen LogP contribution in [0.15, 0.2) is 30.3 Å². The fourth-order valence-corrected chi connectivity index (χ4v) is 2.90. The molecule has 1 aromatic rings. The Kier molecular flexibility index (Phi) is 5.42. The lowest BCUT2D eigenvalue weighted by Crippen LogP contribution is -2.50. The molecule has 1 aromatic carbocycles. The van der Waals surface area contributed by atoms with Crippen LogP contribution >= 0.6 is 0 Å². The van der Waals surface area contributed by atoms with E-state index in [1.165, 1.54) is 7.11 Å². The molecule has 9 heteroatoms. The van der Waals surface area contributed by atoms with Crippen molar-refractivity contribution >= 4 is 12.0 Å². The van der Waals surface area contributed by atoms with Gasteiger partial charge in [0.2, 0.25) is 0 Å². The van der Waals surface area contributed by atoms with Crippen LogP contribution in [0.1, 0.15) is 19.4 Å². The fraction of sp³-hybridized carbons (Fsp3) is 0.529. The lowest BCUT2D eigenvalue weighted by molar-refractivity contribution is -0.226. The minimum Gasteiger partial charge on any atom is -0.443 e. The molecule has 4 atom stereocenters. The standard InChI is InChI=1S/C17H22N2O7/c1-17(2)25-11-12(24-15(22-3)13(11)26-17)14(20)18-19-16(21)23-9-10-7-5-4-6-8-10/h4-8,11-13,15H,9H2,1-3H3,(H,18,20)(H,19,21)/t11-,12+,13-,15-/m1/s1. The predicted octanol–water partition coefficient (Wildman–Crippen LogP) is 0.835. The second-order valence-corrected chi connectivity index (χ2v) is 6.40. The third kappa shape index (κ3) is 4.13. The molecule has 0 radical (unpaired) electrons. The Morgan fingerprint density at radius 2 is 1.81 bits per heavy atom. The molecule has 2 heterocycles. The number of amides is 2. The van der Waals surface area contributed by atoms with Gasteiger partial charge in [0.05, 0.1) is 0 Å². The largest absolute Gasteiger partial charge is 0.443 e. The maximum atomic E-state index is 12.3. The van der Waals surface area contributed by atoms with Crippen molar-refractivity contribution in [1.82, 2.24) is 10.9 Å². The lowest BCUT2D eigenvalue weighted by Gasteiger charge is -2.23. The van der Waals surface area contributed by atoms with Gasteiger partial charge in [0, 0.05) is 7.11 Å². The summed E-state index contributed by atoms with van der Waals surface area (Å²) >= 11 is 0. The smallest absolute Gasteiger partial charge is 0.426 e. The van der Waals surface area contributed by atoms with Gasteiger partial charge in [-0.2, -0.15) is 0 Å². The van der Waals surface area contributed by atoms with E-state index in [0.29, 0.717) is 0 Å². The summed E-state index contributed by atoms with van der Waals surface area (Å²) in [6, 6.07) is 9.18. The number of hydrogen-bond acceptors (Lipinski definition) is 7. The summed E-state index contributed by atoms with van der Waals surface area (Å²) < 4.78 is 27.2. The fourth-order valence-electron chi connectivity index (χ4n) is 2.90. The molecule has 2 aliphatic rings. The summed E-state index contributed by atoms with van der Waals surface area (Å²) in [4.78, 5) is 24.1. The summed E-state index contributed by atoms with van der Waals surface area (Å²) in [5.41, 5.74) is 5.28. The summed E-state index contributed by atoms with van der Waals surface area (Å²) in [6.07, 6.45) is -3.68. The molecule has 9 nitrogen and oxygen atoms in total. The predicted molar refractivity (Wildman–Crippen MR) is 87.4 cm³/mol. The van der Waals surface area contributed by atoms with E-state index >= 15 is 0 Å². The quantitative estimate of drug-likeness (QED) is 0.761. The second-order valence-electron chi connectivity index (χ2n) is 6.40. The molecule has 3 rings (SSSR count). The van der Waals surface area contributed by atoms with Crippen LogP contribution < -0.4 is 10.9 Å². The van der Waals surface area contributed by atoms with Gasteiger partial charge in [-0.05, 0) is 19.4 Å². The molecule has 2 saturated heterocycles. The third-order valence-corrected chi connectivity index (χ3v) is 4.00. The van der Waals surface area contributed by atoms with Gasteiger partial charge in [-0.15, -0.1) is 0 Å². The Hall–Kier alpha value is -2.20. The van der Waals surface area contributed by atoms with Gasteiger partial charge >= 0.3 is 6.09 Å². The van der Waals surface area contributed by atoms with Crippen molar-refractivity contribution in [3.8, 4) is 0 Å². The summed E-state index contributed by atoms with van der Waals surface area (Å²) in [5.74, 6) is -1.44. The number of hydrazine groups is 1. The molecule has 0 aromatic heterocycles. The lowest BCUT2D eigenvalue weighted by atomic mass is 10.1. The van der Waals surface area contributed by atoms with Gasteiger partial charge in [0.1, 0.15) is 18.8 Å². The summed E-state index contributed by atoms with van der Waals surface area (Å²) in [7, 11) is 1.45. The zero-order chi connectivity index (χ0) is 18.7. The monoisotopic (exact) mass is 366 g/mol. The minimum absolute atomic E-state index is 0.0874. The highest BCUT2D eigenvalue weighted by atomic mass is 16.8. The zero-order valence-corrected chi connectivity index (χ0v) is 14.8. The molecule has 2 amide bonds. The van der Waals surface area contributed by atoms with E-state index in [9.17, 15) is 9.59 Å². The molecule has 0 saturated carbocycles. The van der Waals surface area contributed by atoms with Crippen LogP contribution in [-0.4, -0.2) is 49.5 Å². The highest BCUT2D eigenvalue weighted by Gasteiger charge is 2.57. The molecule has 0 spiro atoms. The molecular weight excluding hydrogens is 344 g/mol. The molecule has 0 unspecified atom stereocenters. The molecule has 0 aliphatic carbocycles. The van der Waals surface area contributed by atoms with E-state index in [2.05, 4.69) is 10.9 Å². The maximum absolute atomic E-state index is 12.3. The van der Waals surface area contributed by atoms with Crippen molar-refractivity contribution < 1.29 is 33.3 Å². The number of nitrogens with one attached hydrogen (secondary N) is 2. The summed E-state index contributed by atoms with van der Waals surface area (Å²) in [6.45, 7) is 3.57. The number of carbonyl (C=O) groups is 2. The molecule has 2 fully saturated rings. The van der Waals surface area contributed by atoms with Gasteiger partial charge in [-0.3, -0.25) is 10.2 Å². The molecule has 26 heavy (non-hydrogen) atoms. The molecule has 2 aliphatic heterocycles. The minimum atomic E-state index is -0.985. The van der Waals surface area contributed by atoms with E-state index in [1.807, 2.05) is 30.3 Å². The molecule has 142 valence electrons. The van der Waals surface area contributed by atoms with Crippen LogP contribution in [-0.2, 0) is 35.1 Å². The SMILES string of the molecule is CO[C@@H]1O[C@H](C(=O)NNC(=O)OCc2ccccc2)[C@H]2OC(C)(C)O[C@@H]12. The van der Waals surface area contributed by atoms with Crippen LogP contribution in [0.2, 0.25) is 0 Å². The van der Waals surface area contributed by atoms with Crippen LogP contribution in [0.3, 0.4) is 0 Å². The number of rotatable bonds is 4. The van der Waals surface area contributed by atoms with E-state index in [0.717, 1.165) is 5.56 Å². The number of methoxy groups -OCH3 is 1. The normalized spacial score (nSPS) is 29.0. The Bertz CT molecular complexity index is 652. The highest BCUT2D eigenvalue weighted by Crippen LogP contribution is 2.38. The van der Waals surface area contributed by atoms with Crippen molar-refractivity contribution in [1.29, 1.82) is 0 Å². The van der Waals surface area contributed by atoms with Crippen molar-refractivity contribution in [2.24, 2.45) is 0 Å². The zero-order valence-electron chi connectivity index (χ0n) is 14.8. The topological polar surface area (TPSA) is 104 Å². The first-order valence-corrected chi connectivity index (χ1v) is 8.20. The van der Waals surface area contributed by atoms with Crippen LogP contribution in [0, 0.1) is 0 Å². The van der Waals surface area contributed by atoms with Crippen molar-refractivity contribution in [3.63, 3.8) is 0 Å². The van der Waals surface area contributed by atoms with Gasteiger partial charge in [0.15, 0.2) is 18.2 Å². The molecular formula is C17H22N2O7. The van der Waals surface area contributed by atoms with E-state index in [-0.39, 0.29) is 6.61 Å². The Balaban J connectivity index is 1.49. The van der Waals surface area contributed by atoms with Crippen LogP contribution in [0.5, 0.6) is 0 Å². The number of hydrogen-bond donors (Lipinski definition) is 2. The first-order chi connectivity index (χ1) is 12.4. The van der Waals surface area contributed by atoms with Gasteiger partial charge in [-0.25, -0.2) is 10.2 Å². The highest BCUT2D eigenvalue weighted by molar-refractivity contribution is 5.83. The van der Waals surface area contributed by atoms with Crippen LogP contribution in [0.4, 0.5) is 4.79 Å². The number of carbonyl (C=O) groups excluding carboxylic acids is 2. The van der Waals surface area contributed by atoms with Gasteiger partial charge in [-0.1, -0.05) is 30.3 Å². The van der Waals surface area contributed by atoms with Gasteiger partial charge < -0.3 is 23.7 Å². The maximum Gasteiger partial charge on any atom is 0.426 e. The number of fused-ring (bicyclic) bond motifs is 1. The Morgan fingerprint density at radius 1 is 1.12 bits per heavy atom. The first kappa shape index (κ1) is 18.6. The number of benzene rings is 1. The molecule has 2 N–H and O–H groups in total. The second kappa shape index (κ2) is 7.58. The van der Waals surface area contributed by atoms with Crippen molar-refractivity contribution in [3.05, 3.63) is 35.9 Å². The first-order valence-electron chi connectivity index (χ1n) is 8.20. The van der Waals surface area contributed by atoms with Crippen LogP contribution in [0.25, 0.3) is 0 Å². The van der Waals surface area contributed by atoms with Crippen molar-refractivity contribution in [2.75, 3.05) is 7.11 Å². The Labute approximate surface area is 150 Å². The van der Waals surface area contributed by atoms with E-state index in [4.69, 9.17) is 23.7 Å². The average Bonchev–Trinajstić information content (AvgIpc) is 3.11.